The maximum absolute atomic E-state index is 14.4. The van der Waals surface area contributed by atoms with E-state index >= 15 is 0 Å². The van der Waals surface area contributed by atoms with Crippen molar-refractivity contribution in [2.24, 2.45) is 0 Å². The SMILES string of the molecule is CC1=C(F)CCC=C1c1ccc2nc(N(C(=O)OC(C)(C)C)C(=O)OC(C)(C)C)c(C(=O)N(C)C3CC3)n2c1. The van der Waals surface area contributed by atoms with E-state index in [9.17, 15) is 18.8 Å². The van der Waals surface area contributed by atoms with Gasteiger partial charge in [0.15, 0.2) is 11.5 Å². The molecular formula is C29H37FN4O5. The number of hydrogen-bond acceptors (Lipinski definition) is 6. The lowest BCUT2D eigenvalue weighted by Gasteiger charge is -2.28. The zero-order valence-corrected chi connectivity index (χ0v) is 23.9. The molecule has 0 N–H and O–H groups in total. The molecule has 0 unspecified atom stereocenters. The van der Waals surface area contributed by atoms with Crippen molar-refractivity contribution in [2.45, 2.75) is 91.4 Å². The summed E-state index contributed by atoms with van der Waals surface area (Å²) in [7, 11) is 1.68. The highest BCUT2D eigenvalue weighted by Gasteiger charge is 2.40. The molecule has 2 aliphatic carbocycles. The number of aromatic nitrogens is 2. The zero-order chi connectivity index (χ0) is 28.9. The van der Waals surface area contributed by atoms with Gasteiger partial charge in [-0.15, -0.1) is 0 Å². The van der Waals surface area contributed by atoms with Crippen LogP contribution in [0.5, 0.6) is 0 Å². The van der Waals surface area contributed by atoms with E-state index in [4.69, 9.17) is 9.47 Å². The molecule has 0 atom stereocenters. The van der Waals surface area contributed by atoms with Gasteiger partial charge in [-0.1, -0.05) is 6.08 Å². The standard InChI is InChI=1S/C29H37FN4O5/c1-17-20(10-9-11-21(17)30)18-12-15-22-31-24(23(33(22)16-18)25(35)32(8)19-13-14-19)34(26(36)38-28(2,3)4)27(37)39-29(5,6)7/h10,12,15-16,19H,9,11,13-14H2,1-8H3. The van der Waals surface area contributed by atoms with Crippen LogP contribution in [0.3, 0.4) is 0 Å². The van der Waals surface area contributed by atoms with E-state index in [2.05, 4.69) is 4.98 Å². The molecular weight excluding hydrogens is 503 g/mol. The Balaban J connectivity index is 1.93. The van der Waals surface area contributed by atoms with E-state index in [-0.39, 0.29) is 23.4 Å². The Bertz CT molecular complexity index is 1360. The molecule has 0 aromatic carbocycles. The number of hydrogen-bond donors (Lipinski definition) is 0. The Hall–Kier alpha value is -3.69. The van der Waals surface area contributed by atoms with Gasteiger partial charge in [-0.05, 0) is 96.6 Å². The molecule has 0 radical (unpaired) electrons. The number of anilines is 1. The van der Waals surface area contributed by atoms with E-state index in [0.29, 0.717) is 34.5 Å². The van der Waals surface area contributed by atoms with Crippen LogP contribution in [-0.4, -0.2) is 56.7 Å². The molecule has 2 aromatic heterocycles. The number of halogens is 1. The first-order valence-electron chi connectivity index (χ1n) is 13.2. The Kier molecular flexibility index (Phi) is 7.35. The summed E-state index contributed by atoms with van der Waals surface area (Å²) in [6, 6.07) is 3.51. The topological polar surface area (TPSA) is 93.5 Å². The van der Waals surface area contributed by atoms with Gasteiger partial charge >= 0.3 is 12.2 Å². The predicted octanol–water partition coefficient (Wildman–Crippen LogP) is 6.67. The number of fused-ring (bicyclic) bond motifs is 1. The van der Waals surface area contributed by atoms with Gasteiger partial charge < -0.3 is 14.4 Å². The lowest BCUT2D eigenvalue weighted by Crippen LogP contribution is -2.45. The highest BCUT2D eigenvalue weighted by Crippen LogP contribution is 2.35. The molecule has 10 heteroatoms. The molecule has 39 heavy (non-hydrogen) atoms. The third-order valence-corrected chi connectivity index (χ3v) is 6.42. The van der Waals surface area contributed by atoms with Crippen molar-refractivity contribution in [1.82, 2.24) is 14.3 Å². The highest BCUT2D eigenvalue weighted by atomic mass is 19.1. The van der Waals surface area contributed by atoms with Crippen LogP contribution in [-0.2, 0) is 9.47 Å². The highest BCUT2D eigenvalue weighted by molar-refractivity contribution is 6.13. The lowest BCUT2D eigenvalue weighted by molar-refractivity contribution is 0.0429. The second kappa shape index (κ2) is 10.1. The van der Waals surface area contributed by atoms with E-state index < -0.39 is 29.3 Å². The normalized spacial score (nSPS) is 16.2. The van der Waals surface area contributed by atoms with Crippen LogP contribution in [0, 0.1) is 0 Å². The van der Waals surface area contributed by atoms with Crippen LogP contribution in [0.2, 0.25) is 0 Å². The summed E-state index contributed by atoms with van der Waals surface area (Å²) in [5.74, 6) is -0.778. The van der Waals surface area contributed by atoms with Crippen LogP contribution in [0.1, 0.15) is 90.2 Å². The monoisotopic (exact) mass is 540 g/mol. The number of imide groups is 1. The van der Waals surface area contributed by atoms with E-state index in [1.54, 1.807) is 83.1 Å². The first kappa shape index (κ1) is 28.3. The minimum absolute atomic E-state index is 0.0106. The molecule has 2 aromatic rings. The van der Waals surface area contributed by atoms with E-state index in [0.717, 1.165) is 18.4 Å². The molecule has 9 nitrogen and oxygen atoms in total. The van der Waals surface area contributed by atoms with Crippen LogP contribution in [0.4, 0.5) is 19.8 Å². The number of ether oxygens (including phenoxy) is 2. The minimum atomic E-state index is -1.01. The summed E-state index contributed by atoms with van der Waals surface area (Å²) in [4.78, 5) is 47.6. The van der Waals surface area contributed by atoms with Gasteiger partial charge in [0.25, 0.3) is 5.91 Å². The van der Waals surface area contributed by atoms with Crippen molar-refractivity contribution >= 4 is 35.1 Å². The number of carbonyl (C=O) groups excluding carboxylic acids is 3. The van der Waals surface area contributed by atoms with Crippen LogP contribution in [0.15, 0.2) is 35.8 Å². The summed E-state index contributed by atoms with van der Waals surface area (Å²) < 4.78 is 27.1. The lowest BCUT2D eigenvalue weighted by atomic mass is 9.93. The van der Waals surface area contributed by atoms with Gasteiger partial charge in [-0.2, -0.15) is 4.90 Å². The van der Waals surface area contributed by atoms with Crippen molar-refractivity contribution in [3.8, 4) is 0 Å². The number of allylic oxidation sites excluding steroid dienone is 4. The molecule has 1 fully saturated rings. The van der Waals surface area contributed by atoms with Gasteiger partial charge in [0.2, 0.25) is 0 Å². The number of nitrogens with zero attached hydrogens (tertiary/aromatic N) is 4. The van der Waals surface area contributed by atoms with Crippen molar-refractivity contribution in [1.29, 1.82) is 0 Å². The molecule has 1 saturated carbocycles. The summed E-state index contributed by atoms with van der Waals surface area (Å²) in [5, 5.41) is 0. The first-order chi connectivity index (χ1) is 18.1. The molecule has 0 spiro atoms. The fourth-order valence-electron chi connectivity index (χ4n) is 4.37. The Morgan fingerprint density at radius 2 is 1.62 bits per heavy atom. The van der Waals surface area contributed by atoms with Gasteiger partial charge in [0.1, 0.15) is 22.7 Å². The third kappa shape index (κ3) is 6.15. The second-order valence-electron chi connectivity index (χ2n) is 12.1. The molecule has 0 bridgehead atoms. The molecule has 0 aliphatic heterocycles. The molecule has 2 heterocycles. The summed E-state index contributed by atoms with van der Waals surface area (Å²) >= 11 is 0. The zero-order valence-electron chi connectivity index (χ0n) is 23.9. The maximum atomic E-state index is 14.4. The molecule has 210 valence electrons. The van der Waals surface area contributed by atoms with Gasteiger partial charge in [0.05, 0.1) is 0 Å². The quantitative estimate of drug-likeness (QED) is 0.430. The van der Waals surface area contributed by atoms with E-state index in [1.165, 1.54) is 0 Å². The van der Waals surface area contributed by atoms with Crippen LogP contribution in [0.25, 0.3) is 11.2 Å². The average Bonchev–Trinajstić information content (AvgIpc) is 3.58. The van der Waals surface area contributed by atoms with Crippen molar-refractivity contribution in [3.63, 3.8) is 0 Å². The van der Waals surface area contributed by atoms with Crippen molar-refractivity contribution in [2.75, 3.05) is 11.9 Å². The summed E-state index contributed by atoms with van der Waals surface area (Å²) in [5.41, 5.74) is 0.422. The largest absolute Gasteiger partial charge is 0.443 e. The number of carbonyl (C=O) groups is 3. The van der Waals surface area contributed by atoms with Gasteiger partial charge in [0, 0.05) is 25.7 Å². The Labute approximate surface area is 228 Å². The fourth-order valence-corrected chi connectivity index (χ4v) is 4.37. The van der Waals surface area contributed by atoms with Crippen molar-refractivity contribution < 1.29 is 28.2 Å². The van der Waals surface area contributed by atoms with Crippen LogP contribution < -0.4 is 4.90 Å². The number of rotatable bonds is 4. The fraction of sp³-hybridized carbons (Fsp3) is 0.517. The maximum Gasteiger partial charge on any atom is 0.425 e. The first-order valence-corrected chi connectivity index (χ1v) is 13.2. The Morgan fingerprint density at radius 3 is 2.15 bits per heavy atom. The van der Waals surface area contributed by atoms with Crippen molar-refractivity contribution in [3.05, 3.63) is 47.1 Å². The molecule has 4 rings (SSSR count). The number of amides is 3. The number of imidazole rings is 1. The van der Waals surface area contributed by atoms with Crippen LogP contribution >= 0.6 is 0 Å². The van der Waals surface area contributed by atoms with Gasteiger partial charge in [-0.25, -0.2) is 19.0 Å². The summed E-state index contributed by atoms with van der Waals surface area (Å²) in [6.07, 6.45) is 4.25. The smallest absolute Gasteiger partial charge is 0.425 e. The van der Waals surface area contributed by atoms with Gasteiger partial charge in [-0.3, -0.25) is 9.20 Å². The molecule has 0 saturated heterocycles. The molecule has 2 aliphatic rings. The third-order valence-electron chi connectivity index (χ3n) is 6.42. The minimum Gasteiger partial charge on any atom is -0.443 e. The predicted molar refractivity (Wildman–Crippen MR) is 146 cm³/mol. The second-order valence-corrected chi connectivity index (χ2v) is 12.1. The molecule has 3 amide bonds. The number of pyridine rings is 1. The Morgan fingerprint density at radius 1 is 1.03 bits per heavy atom. The van der Waals surface area contributed by atoms with E-state index in [1.807, 2.05) is 6.08 Å². The summed E-state index contributed by atoms with van der Waals surface area (Å²) in [6.45, 7) is 11.8. The average molecular weight is 541 g/mol.